The molecule has 1 N–H and O–H groups in total. The highest BCUT2D eigenvalue weighted by atomic mass is 16.5. The fraction of sp³-hybridized carbons (Fsp3) is 0.471. The van der Waals surface area contributed by atoms with Crippen LogP contribution in [0.5, 0.6) is 5.75 Å². The first-order valence-electron chi connectivity index (χ1n) is 7.22. The van der Waals surface area contributed by atoms with Gasteiger partial charge < -0.3 is 10.1 Å². The molecule has 0 saturated heterocycles. The van der Waals surface area contributed by atoms with Gasteiger partial charge in [-0.2, -0.15) is 0 Å². The van der Waals surface area contributed by atoms with Crippen LogP contribution in [0.4, 0.5) is 0 Å². The molecule has 110 valence electrons. The lowest BCUT2D eigenvalue weighted by Gasteiger charge is -2.17. The summed E-state index contributed by atoms with van der Waals surface area (Å²) < 4.78 is 5.86. The third kappa shape index (κ3) is 6.53. The molecule has 0 aliphatic rings. The minimum absolute atomic E-state index is 0.105. The van der Waals surface area contributed by atoms with Gasteiger partial charge in [-0.05, 0) is 30.7 Å². The third-order valence-electron chi connectivity index (χ3n) is 2.82. The van der Waals surface area contributed by atoms with Gasteiger partial charge >= 0.3 is 0 Å². The van der Waals surface area contributed by atoms with E-state index in [2.05, 4.69) is 19.2 Å². The summed E-state index contributed by atoms with van der Waals surface area (Å²) in [5.41, 5.74) is 0.980. The number of nitrogens with one attached hydrogen (secondary N) is 1. The predicted octanol–water partition coefficient (Wildman–Crippen LogP) is 3.44. The minimum atomic E-state index is 0.105. The molecule has 20 heavy (non-hydrogen) atoms. The molecule has 3 heteroatoms. The maximum Gasteiger partial charge on any atom is 0.155 e. The molecule has 0 amide bonds. The predicted molar refractivity (Wildman–Crippen MR) is 84.0 cm³/mol. The van der Waals surface area contributed by atoms with Crippen LogP contribution in [0, 0.1) is 0 Å². The van der Waals surface area contributed by atoms with Crippen molar-refractivity contribution in [2.75, 3.05) is 6.54 Å². The number of allylic oxidation sites excluding steroid dienone is 1. The van der Waals surface area contributed by atoms with Crippen LogP contribution in [0.3, 0.4) is 0 Å². The summed E-state index contributed by atoms with van der Waals surface area (Å²) in [5.74, 6) is 0.958. The van der Waals surface area contributed by atoms with E-state index in [1.54, 1.807) is 6.08 Å². The van der Waals surface area contributed by atoms with E-state index in [-0.39, 0.29) is 11.9 Å². The Balaban J connectivity index is 2.59. The first-order valence-corrected chi connectivity index (χ1v) is 7.22. The fourth-order valence-corrected chi connectivity index (χ4v) is 1.67. The molecular formula is C17H25NO2. The molecular weight excluding hydrogens is 250 g/mol. The second-order valence-electron chi connectivity index (χ2n) is 5.22. The van der Waals surface area contributed by atoms with Crippen molar-refractivity contribution in [3.05, 3.63) is 35.9 Å². The standard InChI is InChI=1S/C17H25NO2/c1-5-16(19)10-9-15-7-6-8-17(11-15)20-14(4)12-18-13(2)3/h6-11,13-14,18H,5,12H2,1-4H3/b10-9+/t14-/m1/s1. The van der Waals surface area contributed by atoms with Crippen LogP contribution in [-0.4, -0.2) is 24.5 Å². The van der Waals surface area contributed by atoms with E-state index in [1.165, 1.54) is 0 Å². The van der Waals surface area contributed by atoms with E-state index in [0.29, 0.717) is 12.5 Å². The van der Waals surface area contributed by atoms with E-state index >= 15 is 0 Å². The van der Waals surface area contributed by atoms with Crippen molar-refractivity contribution < 1.29 is 9.53 Å². The molecule has 0 spiro atoms. The Morgan fingerprint density at radius 2 is 2.10 bits per heavy atom. The topological polar surface area (TPSA) is 38.3 Å². The zero-order valence-corrected chi connectivity index (χ0v) is 12.8. The molecule has 0 saturated carbocycles. The molecule has 1 aromatic carbocycles. The lowest BCUT2D eigenvalue weighted by atomic mass is 10.1. The molecule has 0 radical (unpaired) electrons. The van der Waals surface area contributed by atoms with Gasteiger partial charge in [-0.25, -0.2) is 0 Å². The van der Waals surface area contributed by atoms with E-state index in [0.717, 1.165) is 17.9 Å². The number of carbonyl (C=O) groups excluding carboxylic acids is 1. The Morgan fingerprint density at radius 3 is 2.75 bits per heavy atom. The zero-order valence-electron chi connectivity index (χ0n) is 12.8. The van der Waals surface area contributed by atoms with Crippen LogP contribution in [0.25, 0.3) is 6.08 Å². The average molecular weight is 275 g/mol. The summed E-state index contributed by atoms with van der Waals surface area (Å²) in [4.78, 5) is 11.3. The number of carbonyl (C=O) groups is 1. The van der Waals surface area contributed by atoms with Gasteiger partial charge in [0, 0.05) is 19.0 Å². The highest BCUT2D eigenvalue weighted by Gasteiger charge is 2.05. The third-order valence-corrected chi connectivity index (χ3v) is 2.82. The summed E-state index contributed by atoms with van der Waals surface area (Å²) in [6.07, 6.45) is 4.08. The maximum atomic E-state index is 11.3. The SMILES string of the molecule is CCC(=O)/C=C/c1cccc(O[C@H](C)CNC(C)C)c1. The molecule has 1 atom stereocenters. The molecule has 1 aromatic rings. The number of benzene rings is 1. The van der Waals surface area contributed by atoms with Gasteiger partial charge in [0.2, 0.25) is 0 Å². The van der Waals surface area contributed by atoms with E-state index in [9.17, 15) is 4.79 Å². The van der Waals surface area contributed by atoms with Gasteiger partial charge in [0.15, 0.2) is 5.78 Å². The number of rotatable bonds is 8. The van der Waals surface area contributed by atoms with Gasteiger partial charge in [0.05, 0.1) is 0 Å². The smallest absolute Gasteiger partial charge is 0.155 e. The van der Waals surface area contributed by atoms with Crippen LogP contribution >= 0.6 is 0 Å². The van der Waals surface area contributed by atoms with Gasteiger partial charge in [-0.15, -0.1) is 0 Å². The molecule has 0 aliphatic heterocycles. The van der Waals surface area contributed by atoms with Gasteiger partial charge in [0.25, 0.3) is 0 Å². The van der Waals surface area contributed by atoms with Crippen LogP contribution in [0.15, 0.2) is 30.3 Å². The Labute approximate surface area is 122 Å². The largest absolute Gasteiger partial charge is 0.489 e. The Morgan fingerprint density at radius 1 is 1.35 bits per heavy atom. The van der Waals surface area contributed by atoms with E-state index in [4.69, 9.17) is 4.74 Å². The molecule has 0 fully saturated rings. The Hall–Kier alpha value is -1.61. The number of hydrogen-bond donors (Lipinski definition) is 1. The zero-order chi connectivity index (χ0) is 15.0. The maximum absolute atomic E-state index is 11.3. The van der Waals surface area contributed by atoms with Crippen molar-refractivity contribution in [1.82, 2.24) is 5.32 Å². The summed E-state index contributed by atoms with van der Waals surface area (Å²) >= 11 is 0. The number of ether oxygens (including phenoxy) is 1. The normalized spacial score (nSPS) is 12.8. The average Bonchev–Trinajstić information content (AvgIpc) is 2.43. The lowest BCUT2D eigenvalue weighted by molar-refractivity contribution is -0.114. The van der Waals surface area contributed by atoms with Crippen molar-refractivity contribution >= 4 is 11.9 Å². The summed E-state index contributed by atoms with van der Waals surface area (Å²) in [5, 5.41) is 3.34. The molecule has 0 heterocycles. The van der Waals surface area contributed by atoms with Crippen molar-refractivity contribution in [3.63, 3.8) is 0 Å². The van der Waals surface area contributed by atoms with Crippen LogP contribution in [0.2, 0.25) is 0 Å². The minimum Gasteiger partial charge on any atom is -0.489 e. The first kappa shape index (κ1) is 16.4. The second kappa shape index (κ2) is 8.54. The molecule has 3 nitrogen and oxygen atoms in total. The van der Waals surface area contributed by atoms with Gasteiger partial charge in [-0.1, -0.05) is 39.0 Å². The number of hydrogen-bond acceptors (Lipinski definition) is 3. The highest BCUT2D eigenvalue weighted by Crippen LogP contribution is 2.16. The lowest BCUT2D eigenvalue weighted by Crippen LogP contribution is -2.33. The second-order valence-corrected chi connectivity index (χ2v) is 5.22. The van der Waals surface area contributed by atoms with Crippen molar-refractivity contribution in [2.45, 2.75) is 46.3 Å². The van der Waals surface area contributed by atoms with Crippen LogP contribution < -0.4 is 10.1 Å². The van der Waals surface area contributed by atoms with Gasteiger partial charge in [-0.3, -0.25) is 4.79 Å². The summed E-state index contributed by atoms with van der Waals surface area (Å²) in [6, 6.07) is 8.24. The van der Waals surface area contributed by atoms with Crippen LogP contribution in [-0.2, 0) is 4.79 Å². The Kier molecular flexibility index (Phi) is 7.02. The summed E-state index contributed by atoms with van der Waals surface area (Å²) in [7, 11) is 0. The fourth-order valence-electron chi connectivity index (χ4n) is 1.67. The first-order chi connectivity index (χ1) is 9.51. The highest BCUT2D eigenvalue weighted by molar-refractivity contribution is 5.93. The quantitative estimate of drug-likeness (QED) is 0.739. The van der Waals surface area contributed by atoms with E-state index < -0.39 is 0 Å². The molecule has 0 aliphatic carbocycles. The summed E-state index contributed by atoms with van der Waals surface area (Å²) in [6.45, 7) is 8.94. The number of ketones is 1. The van der Waals surface area contributed by atoms with Crippen molar-refractivity contribution in [3.8, 4) is 5.75 Å². The molecule has 0 bridgehead atoms. The van der Waals surface area contributed by atoms with Gasteiger partial charge in [0.1, 0.15) is 11.9 Å². The van der Waals surface area contributed by atoms with Crippen LogP contribution in [0.1, 0.15) is 39.7 Å². The molecule has 0 aromatic heterocycles. The van der Waals surface area contributed by atoms with E-state index in [1.807, 2.05) is 44.2 Å². The van der Waals surface area contributed by atoms with Crippen molar-refractivity contribution in [2.24, 2.45) is 0 Å². The Bertz CT molecular complexity index is 452. The van der Waals surface area contributed by atoms with Crippen molar-refractivity contribution in [1.29, 1.82) is 0 Å². The molecule has 0 unspecified atom stereocenters. The monoisotopic (exact) mass is 275 g/mol. The molecule has 1 rings (SSSR count).